The number of halogens is 4. The van der Waals surface area contributed by atoms with Gasteiger partial charge in [0.1, 0.15) is 0 Å². The Labute approximate surface area is 103 Å². The molecule has 1 atom stereocenters. The highest BCUT2D eigenvalue weighted by Gasteiger charge is 2.33. The van der Waals surface area contributed by atoms with Gasteiger partial charge >= 0.3 is 6.18 Å². The van der Waals surface area contributed by atoms with Gasteiger partial charge in [-0.2, -0.15) is 13.2 Å². The van der Waals surface area contributed by atoms with E-state index in [-0.39, 0.29) is 16.8 Å². The van der Waals surface area contributed by atoms with Crippen LogP contribution in [-0.2, 0) is 10.9 Å². The third kappa shape index (κ3) is 4.09. The van der Waals surface area contributed by atoms with Crippen LogP contribution >= 0.6 is 11.6 Å². The number of hydrogen-bond donors (Lipinski definition) is 1. The summed E-state index contributed by atoms with van der Waals surface area (Å²) in [4.78, 5) is 0. The molecule has 0 saturated carbocycles. The summed E-state index contributed by atoms with van der Waals surface area (Å²) in [5, 5.41) is 2.75. The molecule has 0 heterocycles. The lowest BCUT2D eigenvalue weighted by atomic mass is 10.1. The van der Waals surface area contributed by atoms with E-state index in [4.69, 9.17) is 16.3 Å². The lowest BCUT2D eigenvalue weighted by molar-refractivity contribution is -0.137. The van der Waals surface area contributed by atoms with Crippen LogP contribution < -0.4 is 5.32 Å². The summed E-state index contributed by atoms with van der Waals surface area (Å²) in [6.07, 6.45) is -4.60. The Balaban J connectivity index is 2.91. The molecule has 0 aliphatic carbocycles. The molecule has 2 nitrogen and oxygen atoms in total. The molecular weight excluding hydrogens is 255 g/mol. The molecule has 1 unspecified atom stereocenters. The number of hydrogen-bond acceptors (Lipinski definition) is 2. The van der Waals surface area contributed by atoms with Gasteiger partial charge in [-0.1, -0.05) is 11.6 Å². The Hall–Kier alpha value is -0.940. The molecule has 0 spiro atoms. The van der Waals surface area contributed by atoms with Crippen LogP contribution in [0.3, 0.4) is 0 Å². The second-order valence-electron chi connectivity index (χ2n) is 3.61. The van der Waals surface area contributed by atoms with Crippen molar-refractivity contribution in [2.75, 3.05) is 19.0 Å². The van der Waals surface area contributed by atoms with Crippen LogP contribution in [-0.4, -0.2) is 19.8 Å². The van der Waals surface area contributed by atoms with Crippen LogP contribution in [0.5, 0.6) is 0 Å². The zero-order valence-electron chi connectivity index (χ0n) is 9.44. The van der Waals surface area contributed by atoms with Crippen molar-refractivity contribution in [3.8, 4) is 0 Å². The molecule has 0 saturated heterocycles. The molecule has 0 aliphatic heterocycles. The molecule has 0 amide bonds. The minimum atomic E-state index is -4.43. The molecular formula is C11H13ClF3NO. The number of rotatable bonds is 4. The molecule has 0 aliphatic rings. The van der Waals surface area contributed by atoms with Crippen molar-refractivity contribution < 1.29 is 17.9 Å². The third-order valence-corrected chi connectivity index (χ3v) is 2.50. The van der Waals surface area contributed by atoms with E-state index in [1.165, 1.54) is 19.2 Å². The SMILES string of the molecule is COC(C)CNc1ccc(Cl)cc1C(F)(F)F. The van der Waals surface area contributed by atoms with Gasteiger partial charge in [0.25, 0.3) is 0 Å². The van der Waals surface area contributed by atoms with Crippen molar-refractivity contribution in [1.29, 1.82) is 0 Å². The summed E-state index contributed by atoms with van der Waals surface area (Å²) in [6, 6.07) is 3.63. The highest BCUT2D eigenvalue weighted by atomic mass is 35.5. The molecule has 0 aromatic heterocycles. The van der Waals surface area contributed by atoms with Crippen LogP contribution in [0, 0.1) is 0 Å². The van der Waals surface area contributed by atoms with Crippen molar-refractivity contribution >= 4 is 17.3 Å². The molecule has 17 heavy (non-hydrogen) atoms. The van der Waals surface area contributed by atoms with E-state index < -0.39 is 11.7 Å². The van der Waals surface area contributed by atoms with Crippen LogP contribution in [0.25, 0.3) is 0 Å². The number of ether oxygens (including phenoxy) is 1. The van der Waals surface area contributed by atoms with Crippen molar-refractivity contribution in [3.05, 3.63) is 28.8 Å². The number of methoxy groups -OCH3 is 1. The Morgan fingerprint density at radius 3 is 2.59 bits per heavy atom. The van der Waals surface area contributed by atoms with E-state index >= 15 is 0 Å². The van der Waals surface area contributed by atoms with Crippen molar-refractivity contribution in [2.24, 2.45) is 0 Å². The first-order valence-corrected chi connectivity index (χ1v) is 5.36. The number of benzene rings is 1. The number of nitrogens with one attached hydrogen (secondary N) is 1. The fourth-order valence-corrected chi connectivity index (χ4v) is 1.41. The molecule has 96 valence electrons. The minimum Gasteiger partial charge on any atom is -0.382 e. The zero-order chi connectivity index (χ0) is 13.1. The summed E-state index contributed by atoms with van der Waals surface area (Å²) in [5.74, 6) is 0. The molecule has 0 bridgehead atoms. The first-order valence-electron chi connectivity index (χ1n) is 4.98. The summed E-state index contributed by atoms with van der Waals surface area (Å²) < 4.78 is 43.1. The first kappa shape index (κ1) is 14.1. The quantitative estimate of drug-likeness (QED) is 0.896. The van der Waals surface area contributed by atoms with E-state index in [1.807, 2.05) is 0 Å². The van der Waals surface area contributed by atoms with E-state index in [1.54, 1.807) is 6.92 Å². The molecule has 0 fully saturated rings. The van der Waals surface area contributed by atoms with Gasteiger partial charge in [-0.05, 0) is 25.1 Å². The maximum atomic E-state index is 12.7. The Morgan fingerprint density at radius 2 is 2.06 bits per heavy atom. The summed E-state index contributed by atoms with van der Waals surface area (Å²) in [6.45, 7) is 2.05. The fraction of sp³-hybridized carbons (Fsp3) is 0.455. The van der Waals surface area contributed by atoms with E-state index in [0.29, 0.717) is 6.54 Å². The van der Waals surface area contributed by atoms with Crippen molar-refractivity contribution in [2.45, 2.75) is 19.2 Å². The second kappa shape index (κ2) is 5.60. The predicted molar refractivity (Wildman–Crippen MR) is 61.4 cm³/mol. The standard InChI is InChI=1S/C11H13ClF3NO/c1-7(17-2)6-16-10-4-3-8(12)5-9(10)11(13,14)15/h3-5,7,16H,6H2,1-2H3. The first-order chi connectivity index (χ1) is 7.84. The van der Waals surface area contributed by atoms with Gasteiger partial charge in [0, 0.05) is 24.4 Å². The Kier molecular flexibility index (Phi) is 4.65. The maximum absolute atomic E-state index is 12.7. The molecule has 1 aromatic rings. The average molecular weight is 268 g/mol. The largest absolute Gasteiger partial charge is 0.418 e. The number of anilines is 1. The maximum Gasteiger partial charge on any atom is 0.418 e. The van der Waals surface area contributed by atoms with Gasteiger partial charge in [0.2, 0.25) is 0 Å². The fourth-order valence-electron chi connectivity index (χ4n) is 1.24. The molecule has 1 aromatic carbocycles. The summed E-state index contributed by atoms with van der Waals surface area (Å²) in [7, 11) is 1.50. The van der Waals surface area contributed by atoms with Crippen LogP contribution in [0.2, 0.25) is 5.02 Å². The van der Waals surface area contributed by atoms with Gasteiger partial charge in [-0.25, -0.2) is 0 Å². The smallest absolute Gasteiger partial charge is 0.382 e. The van der Waals surface area contributed by atoms with Crippen LogP contribution in [0.1, 0.15) is 12.5 Å². The zero-order valence-corrected chi connectivity index (χ0v) is 10.2. The van der Waals surface area contributed by atoms with Gasteiger partial charge in [0.15, 0.2) is 0 Å². The van der Waals surface area contributed by atoms with Gasteiger partial charge < -0.3 is 10.1 Å². The topological polar surface area (TPSA) is 21.3 Å². The lowest BCUT2D eigenvalue weighted by Gasteiger charge is -2.17. The second-order valence-corrected chi connectivity index (χ2v) is 4.05. The lowest BCUT2D eigenvalue weighted by Crippen LogP contribution is -2.20. The van der Waals surface area contributed by atoms with Gasteiger partial charge in [-0.3, -0.25) is 0 Å². The molecule has 0 radical (unpaired) electrons. The van der Waals surface area contributed by atoms with Crippen molar-refractivity contribution in [1.82, 2.24) is 0 Å². The third-order valence-electron chi connectivity index (χ3n) is 2.27. The van der Waals surface area contributed by atoms with Crippen molar-refractivity contribution in [3.63, 3.8) is 0 Å². The highest BCUT2D eigenvalue weighted by Crippen LogP contribution is 2.36. The average Bonchev–Trinajstić information content (AvgIpc) is 2.25. The van der Waals surface area contributed by atoms with Crippen LogP contribution in [0.15, 0.2) is 18.2 Å². The van der Waals surface area contributed by atoms with E-state index in [0.717, 1.165) is 6.07 Å². The molecule has 6 heteroatoms. The normalized spacial score (nSPS) is 13.5. The van der Waals surface area contributed by atoms with Crippen LogP contribution in [0.4, 0.5) is 18.9 Å². The van der Waals surface area contributed by atoms with Gasteiger partial charge in [0.05, 0.1) is 11.7 Å². The molecule has 1 N–H and O–H groups in total. The Morgan fingerprint density at radius 1 is 1.41 bits per heavy atom. The van der Waals surface area contributed by atoms with E-state index in [2.05, 4.69) is 5.32 Å². The predicted octanol–water partition coefficient (Wildman–Crippen LogP) is 3.81. The monoisotopic (exact) mass is 267 g/mol. The number of alkyl halides is 3. The van der Waals surface area contributed by atoms with Gasteiger partial charge in [-0.15, -0.1) is 0 Å². The highest BCUT2D eigenvalue weighted by molar-refractivity contribution is 6.30. The Bertz CT molecular complexity index is 381. The summed E-state index contributed by atoms with van der Waals surface area (Å²) >= 11 is 5.56. The molecule has 1 rings (SSSR count). The van der Waals surface area contributed by atoms with E-state index in [9.17, 15) is 13.2 Å². The summed E-state index contributed by atoms with van der Waals surface area (Å²) in [5.41, 5.74) is -0.765. The minimum absolute atomic E-state index is 0.00537.